The van der Waals surface area contributed by atoms with E-state index in [-0.39, 0.29) is 17.4 Å². The van der Waals surface area contributed by atoms with E-state index in [1.54, 1.807) is 31.4 Å². The van der Waals surface area contributed by atoms with Crippen molar-refractivity contribution in [3.05, 3.63) is 94.1 Å². The minimum Gasteiger partial charge on any atom is -0.507 e. The zero-order valence-electron chi connectivity index (χ0n) is 20.2. The molecule has 35 heavy (non-hydrogen) atoms. The molecule has 0 spiro atoms. The lowest BCUT2D eigenvalue weighted by Crippen LogP contribution is -2.30. The van der Waals surface area contributed by atoms with Crippen molar-refractivity contribution < 1.29 is 24.2 Å². The number of Topliss-reactive ketones (excluding diaryl/α,β-unsaturated/α-hetero) is 1. The third-order valence-corrected chi connectivity index (χ3v) is 6.66. The van der Waals surface area contributed by atoms with Gasteiger partial charge in [-0.3, -0.25) is 14.5 Å². The fourth-order valence-corrected chi connectivity index (χ4v) is 4.98. The van der Waals surface area contributed by atoms with E-state index in [1.807, 2.05) is 57.2 Å². The lowest BCUT2D eigenvalue weighted by molar-refractivity contribution is -0.132. The van der Waals surface area contributed by atoms with Crippen LogP contribution in [0.4, 0.5) is 5.69 Å². The number of hydrogen-bond donors (Lipinski definition) is 1. The van der Waals surface area contributed by atoms with Crippen LogP contribution < -0.4 is 14.4 Å². The SMILES string of the molecule is COc1ccc(C2/C(=C(/O)c3ccc4c(c3)CC(C)O4)C(=O)C(=O)N2c2ccc(C)cc2C)cc1. The molecule has 178 valence electrons. The van der Waals surface area contributed by atoms with Gasteiger partial charge in [-0.15, -0.1) is 0 Å². The summed E-state index contributed by atoms with van der Waals surface area (Å²) in [7, 11) is 1.58. The van der Waals surface area contributed by atoms with Gasteiger partial charge in [-0.25, -0.2) is 0 Å². The largest absolute Gasteiger partial charge is 0.507 e. The maximum Gasteiger partial charge on any atom is 0.300 e. The number of ether oxygens (including phenoxy) is 2. The van der Waals surface area contributed by atoms with Crippen LogP contribution in [0.25, 0.3) is 5.76 Å². The van der Waals surface area contributed by atoms with E-state index in [2.05, 4.69) is 0 Å². The Kier molecular flexibility index (Phi) is 5.59. The van der Waals surface area contributed by atoms with Crippen LogP contribution in [0.15, 0.2) is 66.2 Å². The van der Waals surface area contributed by atoms with Crippen LogP contribution in [0, 0.1) is 13.8 Å². The van der Waals surface area contributed by atoms with Gasteiger partial charge in [0.1, 0.15) is 23.4 Å². The Hall–Kier alpha value is -4.06. The first-order valence-electron chi connectivity index (χ1n) is 11.6. The number of amides is 1. The highest BCUT2D eigenvalue weighted by atomic mass is 16.5. The van der Waals surface area contributed by atoms with E-state index in [0.717, 1.165) is 28.9 Å². The van der Waals surface area contributed by atoms with Gasteiger partial charge >= 0.3 is 0 Å². The van der Waals surface area contributed by atoms with Crippen LogP contribution in [0.1, 0.15) is 40.8 Å². The fraction of sp³-hybridized carbons (Fsp3) is 0.241. The number of hydrogen-bond acceptors (Lipinski definition) is 5. The van der Waals surface area contributed by atoms with Crippen molar-refractivity contribution in [2.45, 2.75) is 39.3 Å². The maximum absolute atomic E-state index is 13.4. The molecule has 2 unspecified atom stereocenters. The first-order chi connectivity index (χ1) is 16.8. The molecule has 2 heterocycles. The van der Waals surface area contributed by atoms with Gasteiger partial charge in [0.2, 0.25) is 0 Å². The predicted molar refractivity (Wildman–Crippen MR) is 134 cm³/mol. The van der Waals surface area contributed by atoms with Gasteiger partial charge in [0, 0.05) is 17.7 Å². The second-order valence-corrected chi connectivity index (χ2v) is 9.19. The van der Waals surface area contributed by atoms with Gasteiger partial charge in [0.05, 0.1) is 18.7 Å². The van der Waals surface area contributed by atoms with Crippen LogP contribution in [0.3, 0.4) is 0 Å². The Balaban J connectivity index is 1.70. The number of methoxy groups -OCH3 is 1. The molecule has 3 aromatic rings. The zero-order chi connectivity index (χ0) is 24.9. The van der Waals surface area contributed by atoms with Gasteiger partial charge in [0.25, 0.3) is 11.7 Å². The number of benzene rings is 3. The second-order valence-electron chi connectivity index (χ2n) is 9.19. The Morgan fingerprint density at radius 1 is 1.03 bits per heavy atom. The summed E-state index contributed by atoms with van der Waals surface area (Å²) in [5.41, 5.74) is 4.77. The number of rotatable bonds is 4. The Labute approximate surface area is 204 Å². The van der Waals surface area contributed by atoms with Crippen LogP contribution in [0.2, 0.25) is 0 Å². The van der Waals surface area contributed by atoms with E-state index >= 15 is 0 Å². The molecule has 0 aliphatic carbocycles. The lowest BCUT2D eigenvalue weighted by atomic mass is 9.94. The Bertz CT molecular complexity index is 1370. The molecule has 0 aromatic heterocycles. The molecule has 1 saturated heterocycles. The normalized spacial score (nSPS) is 20.6. The summed E-state index contributed by atoms with van der Waals surface area (Å²) in [6, 6.07) is 17.5. The third-order valence-electron chi connectivity index (χ3n) is 6.66. The topological polar surface area (TPSA) is 76.1 Å². The first-order valence-corrected chi connectivity index (χ1v) is 11.6. The summed E-state index contributed by atoms with van der Waals surface area (Å²) >= 11 is 0. The Morgan fingerprint density at radius 2 is 1.77 bits per heavy atom. The third kappa shape index (κ3) is 3.85. The molecule has 6 heteroatoms. The Morgan fingerprint density at radius 3 is 2.46 bits per heavy atom. The number of anilines is 1. The van der Waals surface area contributed by atoms with E-state index in [1.165, 1.54) is 4.90 Å². The molecule has 3 aromatic carbocycles. The van der Waals surface area contributed by atoms with Crippen molar-refractivity contribution in [1.82, 2.24) is 0 Å². The number of aliphatic hydroxyl groups is 1. The molecular formula is C29H27NO5. The monoisotopic (exact) mass is 469 g/mol. The summed E-state index contributed by atoms with van der Waals surface area (Å²) in [4.78, 5) is 28.3. The number of aliphatic hydroxyl groups excluding tert-OH is 1. The van der Waals surface area contributed by atoms with Crippen molar-refractivity contribution in [1.29, 1.82) is 0 Å². The number of fused-ring (bicyclic) bond motifs is 1. The number of ketones is 1. The minimum absolute atomic E-state index is 0.0526. The molecule has 2 aliphatic heterocycles. The van der Waals surface area contributed by atoms with Crippen LogP contribution in [0.5, 0.6) is 11.5 Å². The molecule has 1 fully saturated rings. The van der Waals surface area contributed by atoms with E-state index in [0.29, 0.717) is 22.6 Å². The van der Waals surface area contributed by atoms with E-state index in [4.69, 9.17) is 9.47 Å². The summed E-state index contributed by atoms with van der Waals surface area (Å²) in [6.07, 6.45) is 0.770. The van der Waals surface area contributed by atoms with Gasteiger partial charge in [-0.1, -0.05) is 29.8 Å². The number of aryl methyl sites for hydroxylation is 2. The van der Waals surface area contributed by atoms with Gasteiger partial charge in [-0.05, 0) is 73.9 Å². The number of carbonyl (C=O) groups excluding carboxylic acids is 2. The average molecular weight is 470 g/mol. The molecule has 1 N–H and O–H groups in total. The van der Waals surface area contributed by atoms with Gasteiger partial charge < -0.3 is 14.6 Å². The summed E-state index contributed by atoms with van der Waals surface area (Å²) in [5, 5.41) is 11.4. The molecular weight excluding hydrogens is 442 g/mol. The molecule has 2 atom stereocenters. The van der Waals surface area contributed by atoms with Gasteiger partial charge in [0.15, 0.2) is 0 Å². The number of nitrogens with zero attached hydrogens (tertiary/aromatic N) is 1. The van der Waals surface area contributed by atoms with Crippen molar-refractivity contribution >= 4 is 23.1 Å². The fourth-order valence-electron chi connectivity index (χ4n) is 4.98. The molecule has 6 nitrogen and oxygen atoms in total. The molecule has 5 rings (SSSR count). The average Bonchev–Trinajstić information content (AvgIpc) is 3.34. The van der Waals surface area contributed by atoms with Crippen molar-refractivity contribution in [2.75, 3.05) is 12.0 Å². The quantitative estimate of drug-likeness (QED) is 0.320. The second kappa shape index (κ2) is 8.62. The van der Waals surface area contributed by atoms with Gasteiger partial charge in [-0.2, -0.15) is 0 Å². The zero-order valence-corrected chi connectivity index (χ0v) is 20.2. The lowest BCUT2D eigenvalue weighted by Gasteiger charge is -2.27. The smallest absolute Gasteiger partial charge is 0.300 e. The highest BCUT2D eigenvalue weighted by Gasteiger charge is 2.47. The highest BCUT2D eigenvalue weighted by molar-refractivity contribution is 6.51. The molecule has 0 bridgehead atoms. The molecule has 1 amide bonds. The maximum atomic E-state index is 13.4. The standard InChI is InChI=1S/C29H27NO5/c1-16-5-11-23(17(2)13-16)30-26(19-6-9-22(34-4)10-7-19)25(28(32)29(30)33)27(31)20-8-12-24-21(15-20)14-18(3)35-24/h5-13,15,18,26,31H,14H2,1-4H3/b27-25-. The first kappa shape index (κ1) is 22.7. The van der Waals surface area contributed by atoms with Crippen LogP contribution in [-0.2, 0) is 16.0 Å². The van der Waals surface area contributed by atoms with Crippen molar-refractivity contribution in [3.63, 3.8) is 0 Å². The van der Waals surface area contributed by atoms with Crippen molar-refractivity contribution in [2.24, 2.45) is 0 Å². The van der Waals surface area contributed by atoms with E-state index in [9.17, 15) is 14.7 Å². The molecule has 0 radical (unpaired) electrons. The van der Waals surface area contributed by atoms with Crippen LogP contribution in [-0.4, -0.2) is 30.0 Å². The van der Waals surface area contributed by atoms with Crippen molar-refractivity contribution in [3.8, 4) is 11.5 Å². The highest BCUT2D eigenvalue weighted by Crippen LogP contribution is 2.44. The summed E-state index contributed by atoms with van der Waals surface area (Å²) < 4.78 is 11.1. The minimum atomic E-state index is -0.786. The van der Waals surface area contributed by atoms with Crippen LogP contribution >= 0.6 is 0 Å². The summed E-state index contributed by atoms with van der Waals surface area (Å²) in [5.74, 6) is -0.147. The van der Waals surface area contributed by atoms with E-state index < -0.39 is 17.7 Å². The summed E-state index contributed by atoms with van der Waals surface area (Å²) in [6.45, 7) is 5.87. The molecule has 0 saturated carbocycles. The molecule has 2 aliphatic rings. The number of carbonyl (C=O) groups is 2. The predicted octanol–water partition coefficient (Wildman–Crippen LogP) is 5.26.